The molecule has 152 valence electrons. The molecule has 2 fully saturated rings. The van der Waals surface area contributed by atoms with E-state index >= 15 is 0 Å². The number of aliphatic carboxylic acids is 1. The van der Waals surface area contributed by atoms with E-state index in [1.807, 2.05) is 30.5 Å². The van der Waals surface area contributed by atoms with Gasteiger partial charge in [-0.2, -0.15) is 0 Å². The molecule has 1 aliphatic carbocycles. The van der Waals surface area contributed by atoms with Crippen LogP contribution in [0.2, 0.25) is 0 Å². The van der Waals surface area contributed by atoms with Crippen molar-refractivity contribution in [2.75, 3.05) is 18.4 Å². The number of hydrogen-bond donors (Lipinski definition) is 2. The smallest absolute Gasteiger partial charge is 0.321 e. The summed E-state index contributed by atoms with van der Waals surface area (Å²) in [5, 5.41) is 12.7. The molecule has 7 nitrogen and oxygen atoms in total. The Hall–Kier alpha value is -2.83. The Kier molecular flexibility index (Phi) is 4.33. The number of benzene rings is 1. The SMILES string of the molecule is O=C(Nc1cccc(-c2ncc3n2CCCC3)c1)N1C[C@@H]2CCC[C@@]2(C(=O)O)C1. The number of carboxylic acid groups (broad SMARTS) is 1. The van der Waals surface area contributed by atoms with Crippen LogP contribution in [0.5, 0.6) is 0 Å². The molecule has 3 aliphatic rings. The number of nitrogens with zero attached hydrogens (tertiary/aromatic N) is 3. The van der Waals surface area contributed by atoms with Gasteiger partial charge in [-0.3, -0.25) is 4.79 Å². The van der Waals surface area contributed by atoms with E-state index in [1.54, 1.807) is 4.90 Å². The maximum absolute atomic E-state index is 12.8. The van der Waals surface area contributed by atoms with Crippen LogP contribution in [0.15, 0.2) is 30.5 Å². The number of hydrogen-bond acceptors (Lipinski definition) is 3. The first-order chi connectivity index (χ1) is 14.1. The van der Waals surface area contributed by atoms with E-state index in [9.17, 15) is 14.7 Å². The third-order valence-corrected chi connectivity index (χ3v) is 6.96. The average Bonchev–Trinajstić information content (AvgIpc) is 3.40. The van der Waals surface area contributed by atoms with Crippen LogP contribution in [-0.2, 0) is 17.8 Å². The van der Waals surface area contributed by atoms with Crippen molar-refractivity contribution in [1.82, 2.24) is 14.5 Å². The summed E-state index contributed by atoms with van der Waals surface area (Å²) in [5.74, 6) is 0.242. The molecule has 1 aromatic heterocycles. The standard InChI is InChI=1S/C22H26N4O3/c27-20(28)22-9-4-6-16(22)13-25(14-22)21(29)24-17-7-3-5-15(11-17)19-23-12-18-8-1-2-10-26(18)19/h3,5,7,11-12,16H,1-2,4,6,8-10,13-14H2,(H,24,29)(H,27,28)/t16-,22+/m0/s1. The molecule has 2 aliphatic heterocycles. The molecule has 0 unspecified atom stereocenters. The van der Waals surface area contributed by atoms with Gasteiger partial charge in [-0.05, 0) is 50.2 Å². The Morgan fingerprint density at radius 1 is 1.24 bits per heavy atom. The van der Waals surface area contributed by atoms with E-state index in [-0.39, 0.29) is 11.9 Å². The first-order valence-corrected chi connectivity index (χ1v) is 10.5. The third kappa shape index (κ3) is 2.99. The van der Waals surface area contributed by atoms with Crippen LogP contribution in [0.4, 0.5) is 10.5 Å². The minimum Gasteiger partial charge on any atom is -0.481 e. The van der Waals surface area contributed by atoms with E-state index in [4.69, 9.17) is 0 Å². The van der Waals surface area contributed by atoms with Crippen molar-refractivity contribution in [3.63, 3.8) is 0 Å². The lowest BCUT2D eigenvalue weighted by Gasteiger charge is -2.23. The molecule has 2 atom stereocenters. The molecule has 7 heteroatoms. The zero-order chi connectivity index (χ0) is 20.0. The molecule has 5 rings (SSSR count). The fourth-order valence-corrected chi connectivity index (χ4v) is 5.40. The summed E-state index contributed by atoms with van der Waals surface area (Å²) in [6.45, 7) is 1.80. The van der Waals surface area contributed by atoms with E-state index in [0.29, 0.717) is 25.2 Å². The van der Waals surface area contributed by atoms with Crippen LogP contribution in [0.1, 0.15) is 37.8 Å². The average molecular weight is 394 g/mol. The highest BCUT2D eigenvalue weighted by atomic mass is 16.4. The van der Waals surface area contributed by atoms with Crippen molar-refractivity contribution in [3.05, 3.63) is 36.2 Å². The number of likely N-dealkylation sites (tertiary alicyclic amines) is 1. The number of carboxylic acids is 1. The van der Waals surface area contributed by atoms with Gasteiger partial charge in [0.15, 0.2) is 0 Å². The van der Waals surface area contributed by atoms with E-state index in [2.05, 4.69) is 14.9 Å². The molecule has 1 aromatic carbocycles. The number of aryl methyl sites for hydroxylation is 1. The second-order valence-electron chi connectivity index (χ2n) is 8.62. The minimum absolute atomic E-state index is 0.0634. The lowest BCUT2D eigenvalue weighted by atomic mass is 9.81. The van der Waals surface area contributed by atoms with Crippen LogP contribution in [-0.4, -0.2) is 44.6 Å². The van der Waals surface area contributed by atoms with Gasteiger partial charge in [0.05, 0.1) is 5.41 Å². The predicted octanol–water partition coefficient (Wildman–Crippen LogP) is 3.61. The topological polar surface area (TPSA) is 87.5 Å². The molecule has 1 saturated heterocycles. The number of fused-ring (bicyclic) bond motifs is 2. The van der Waals surface area contributed by atoms with E-state index < -0.39 is 11.4 Å². The highest BCUT2D eigenvalue weighted by molar-refractivity contribution is 5.91. The third-order valence-electron chi connectivity index (χ3n) is 6.96. The molecule has 1 saturated carbocycles. The molecule has 29 heavy (non-hydrogen) atoms. The van der Waals surface area contributed by atoms with E-state index in [0.717, 1.165) is 43.6 Å². The Bertz CT molecular complexity index is 969. The Morgan fingerprint density at radius 3 is 2.97 bits per heavy atom. The maximum atomic E-state index is 12.8. The van der Waals surface area contributed by atoms with Gasteiger partial charge in [-0.15, -0.1) is 0 Å². The Morgan fingerprint density at radius 2 is 2.14 bits per heavy atom. The molecule has 2 aromatic rings. The summed E-state index contributed by atoms with van der Waals surface area (Å²) in [7, 11) is 0. The highest BCUT2D eigenvalue weighted by Gasteiger charge is 2.55. The van der Waals surface area contributed by atoms with Crippen molar-refractivity contribution in [1.29, 1.82) is 0 Å². The number of carbonyl (C=O) groups is 2. The minimum atomic E-state index is -0.763. The second-order valence-corrected chi connectivity index (χ2v) is 8.62. The number of aromatic nitrogens is 2. The molecule has 2 N–H and O–H groups in total. The van der Waals surface area contributed by atoms with Gasteiger partial charge in [0, 0.05) is 42.8 Å². The summed E-state index contributed by atoms with van der Waals surface area (Å²) in [6, 6.07) is 7.53. The molecule has 0 bridgehead atoms. The van der Waals surface area contributed by atoms with Gasteiger partial charge in [0.2, 0.25) is 0 Å². The summed E-state index contributed by atoms with van der Waals surface area (Å²) >= 11 is 0. The summed E-state index contributed by atoms with van der Waals surface area (Å²) in [6.07, 6.45) is 7.86. The van der Waals surface area contributed by atoms with Crippen LogP contribution in [0.3, 0.4) is 0 Å². The van der Waals surface area contributed by atoms with Crippen LogP contribution >= 0.6 is 0 Å². The van der Waals surface area contributed by atoms with Gasteiger partial charge < -0.3 is 19.9 Å². The lowest BCUT2D eigenvalue weighted by molar-refractivity contribution is -0.149. The number of urea groups is 1. The van der Waals surface area contributed by atoms with Gasteiger partial charge in [-0.1, -0.05) is 18.6 Å². The maximum Gasteiger partial charge on any atom is 0.321 e. The molecule has 0 radical (unpaired) electrons. The van der Waals surface area contributed by atoms with Crippen molar-refractivity contribution in [2.24, 2.45) is 11.3 Å². The zero-order valence-electron chi connectivity index (χ0n) is 16.4. The molecule has 0 spiro atoms. The number of amides is 2. The normalized spacial score (nSPS) is 25.5. The fraction of sp³-hybridized carbons (Fsp3) is 0.500. The summed E-state index contributed by atoms with van der Waals surface area (Å²) in [4.78, 5) is 31.0. The number of nitrogens with one attached hydrogen (secondary N) is 1. The van der Waals surface area contributed by atoms with Crippen LogP contribution in [0.25, 0.3) is 11.4 Å². The number of imidazole rings is 1. The lowest BCUT2D eigenvalue weighted by Crippen LogP contribution is -2.38. The quantitative estimate of drug-likeness (QED) is 0.833. The number of carbonyl (C=O) groups excluding carboxylic acids is 1. The first kappa shape index (κ1) is 18.2. The summed E-state index contributed by atoms with van der Waals surface area (Å²) in [5.41, 5.74) is 2.20. The van der Waals surface area contributed by atoms with Gasteiger partial charge in [0.1, 0.15) is 5.82 Å². The largest absolute Gasteiger partial charge is 0.481 e. The molecular weight excluding hydrogens is 368 g/mol. The van der Waals surface area contributed by atoms with Gasteiger partial charge in [0.25, 0.3) is 0 Å². The zero-order valence-corrected chi connectivity index (χ0v) is 16.4. The molecular formula is C22H26N4O3. The van der Waals surface area contributed by atoms with Crippen molar-refractivity contribution >= 4 is 17.7 Å². The van der Waals surface area contributed by atoms with E-state index in [1.165, 1.54) is 12.1 Å². The van der Waals surface area contributed by atoms with Gasteiger partial charge in [-0.25, -0.2) is 9.78 Å². The summed E-state index contributed by atoms with van der Waals surface area (Å²) < 4.78 is 2.27. The van der Waals surface area contributed by atoms with Gasteiger partial charge >= 0.3 is 12.0 Å². The Labute approximate surface area is 169 Å². The van der Waals surface area contributed by atoms with Crippen molar-refractivity contribution < 1.29 is 14.7 Å². The fourth-order valence-electron chi connectivity index (χ4n) is 5.40. The highest BCUT2D eigenvalue weighted by Crippen LogP contribution is 2.49. The van der Waals surface area contributed by atoms with Crippen molar-refractivity contribution in [3.8, 4) is 11.4 Å². The number of anilines is 1. The molecule has 3 heterocycles. The predicted molar refractivity (Wildman–Crippen MR) is 109 cm³/mol. The first-order valence-electron chi connectivity index (χ1n) is 10.5. The molecule has 2 amide bonds. The monoisotopic (exact) mass is 394 g/mol. The van der Waals surface area contributed by atoms with Crippen LogP contribution in [0, 0.1) is 11.3 Å². The van der Waals surface area contributed by atoms with Crippen molar-refractivity contribution in [2.45, 2.75) is 45.1 Å². The number of rotatable bonds is 3. The Balaban J connectivity index is 1.33. The van der Waals surface area contributed by atoms with Crippen LogP contribution < -0.4 is 5.32 Å². The second kappa shape index (κ2) is 6.90.